The predicted octanol–water partition coefficient (Wildman–Crippen LogP) is 4.20. The minimum atomic E-state index is -0.197. The van der Waals surface area contributed by atoms with Crippen LogP contribution in [0.15, 0.2) is 73.1 Å². The topological polar surface area (TPSA) is 58.1 Å². The van der Waals surface area contributed by atoms with Crippen molar-refractivity contribution in [1.82, 2.24) is 15.3 Å². The summed E-state index contributed by atoms with van der Waals surface area (Å²) in [5.74, 6) is 0.892. The molecule has 138 valence electrons. The first-order valence-corrected chi connectivity index (χ1v) is 9.10. The molecule has 1 aromatic heterocycles. The van der Waals surface area contributed by atoms with Gasteiger partial charge in [0.15, 0.2) is 5.82 Å². The lowest BCUT2D eigenvalue weighted by Gasteiger charge is -2.23. The SMILES string of the molecule is CC(C)CNC(=O)c1cnc(N(Cc2ccccc2)c2ccccc2)cn1. The Kier molecular flexibility index (Phi) is 6.15. The van der Waals surface area contributed by atoms with Gasteiger partial charge in [-0.3, -0.25) is 4.79 Å². The third-order valence-electron chi connectivity index (χ3n) is 4.07. The summed E-state index contributed by atoms with van der Waals surface area (Å²) in [7, 11) is 0. The zero-order chi connectivity index (χ0) is 19.1. The zero-order valence-electron chi connectivity index (χ0n) is 15.7. The van der Waals surface area contributed by atoms with E-state index in [1.165, 1.54) is 11.8 Å². The molecule has 1 amide bonds. The van der Waals surface area contributed by atoms with Gasteiger partial charge >= 0.3 is 0 Å². The number of rotatable bonds is 7. The van der Waals surface area contributed by atoms with Crippen molar-refractivity contribution in [3.05, 3.63) is 84.3 Å². The van der Waals surface area contributed by atoms with Gasteiger partial charge in [-0.05, 0) is 23.6 Å². The van der Waals surface area contributed by atoms with Gasteiger partial charge < -0.3 is 10.2 Å². The van der Waals surface area contributed by atoms with E-state index in [1.54, 1.807) is 6.20 Å². The van der Waals surface area contributed by atoms with Crippen LogP contribution in [0.4, 0.5) is 11.5 Å². The molecule has 0 spiro atoms. The van der Waals surface area contributed by atoms with Crippen LogP contribution in [0.2, 0.25) is 0 Å². The number of carbonyl (C=O) groups is 1. The maximum absolute atomic E-state index is 12.2. The van der Waals surface area contributed by atoms with Gasteiger partial charge in [-0.15, -0.1) is 0 Å². The average molecular weight is 360 g/mol. The smallest absolute Gasteiger partial charge is 0.271 e. The molecule has 1 N–H and O–H groups in total. The van der Waals surface area contributed by atoms with Gasteiger partial charge in [0.2, 0.25) is 0 Å². The summed E-state index contributed by atoms with van der Waals surface area (Å²) in [4.78, 5) is 23.1. The number of hydrogen-bond donors (Lipinski definition) is 1. The normalized spacial score (nSPS) is 10.6. The molecule has 0 saturated carbocycles. The second kappa shape index (κ2) is 8.94. The molecular weight excluding hydrogens is 336 g/mol. The second-order valence-corrected chi connectivity index (χ2v) is 6.77. The van der Waals surface area contributed by atoms with Crippen LogP contribution in [0.25, 0.3) is 0 Å². The molecule has 0 unspecified atom stereocenters. The van der Waals surface area contributed by atoms with E-state index in [0.717, 1.165) is 5.69 Å². The highest BCUT2D eigenvalue weighted by Gasteiger charge is 2.14. The van der Waals surface area contributed by atoms with Crippen molar-refractivity contribution < 1.29 is 4.79 Å². The van der Waals surface area contributed by atoms with Gasteiger partial charge in [0.05, 0.1) is 12.4 Å². The molecule has 0 radical (unpaired) electrons. The van der Waals surface area contributed by atoms with Crippen LogP contribution in [-0.2, 0) is 6.54 Å². The van der Waals surface area contributed by atoms with Gasteiger partial charge in [0, 0.05) is 18.8 Å². The van der Waals surface area contributed by atoms with Crippen LogP contribution in [0, 0.1) is 5.92 Å². The molecule has 2 aromatic carbocycles. The zero-order valence-corrected chi connectivity index (χ0v) is 15.7. The van der Waals surface area contributed by atoms with Crippen molar-refractivity contribution in [2.45, 2.75) is 20.4 Å². The fraction of sp³-hybridized carbons (Fsp3) is 0.227. The van der Waals surface area contributed by atoms with Crippen LogP contribution >= 0.6 is 0 Å². The number of nitrogens with one attached hydrogen (secondary N) is 1. The van der Waals surface area contributed by atoms with E-state index in [0.29, 0.717) is 30.5 Å². The van der Waals surface area contributed by atoms with Gasteiger partial charge in [0.1, 0.15) is 5.69 Å². The van der Waals surface area contributed by atoms with E-state index in [9.17, 15) is 4.79 Å². The van der Waals surface area contributed by atoms with Crippen molar-refractivity contribution in [2.24, 2.45) is 5.92 Å². The first-order chi connectivity index (χ1) is 13.1. The molecule has 3 rings (SSSR count). The van der Waals surface area contributed by atoms with E-state index in [4.69, 9.17) is 0 Å². The molecule has 1 heterocycles. The summed E-state index contributed by atoms with van der Waals surface area (Å²) in [5.41, 5.74) is 2.52. The Labute approximate surface area is 160 Å². The van der Waals surface area contributed by atoms with E-state index in [2.05, 4.69) is 46.2 Å². The molecule has 5 nitrogen and oxygen atoms in total. The number of hydrogen-bond acceptors (Lipinski definition) is 4. The molecule has 0 saturated heterocycles. The van der Waals surface area contributed by atoms with Gasteiger partial charge in [-0.1, -0.05) is 62.4 Å². The molecular formula is C22H24N4O. The van der Waals surface area contributed by atoms with Gasteiger partial charge in [-0.25, -0.2) is 9.97 Å². The third kappa shape index (κ3) is 5.14. The number of nitrogens with zero attached hydrogens (tertiary/aromatic N) is 3. The number of anilines is 2. The first-order valence-electron chi connectivity index (χ1n) is 9.10. The monoisotopic (exact) mass is 360 g/mol. The number of carbonyl (C=O) groups excluding carboxylic acids is 1. The highest BCUT2D eigenvalue weighted by Crippen LogP contribution is 2.25. The fourth-order valence-electron chi connectivity index (χ4n) is 2.64. The van der Waals surface area contributed by atoms with Crippen molar-refractivity contribution in [1.29, 1.82) is 0 Å². The Bertz CT molecular complexity index is 849. The average Bonchev–Trinajstić information content (AvgIpc) is 2.72. The Morgan fingerprint density at radius 2 is 1.63 bits per heavy atom. The molecule has 3 aromatic rings. The molecule has 0 fully saturated rings. The first kappa shape index (κ1) is 18.6. The molecule has 5 heteroatoms. The number of benzene rings is 2. The Hall–Kier alpha value is -3.21. The quantitative estimate of drug-likeness (QED) is 0.686. The molecule has 0 aliphatic heterocycles. The van der Waals surface area contributed by atoms with E-state index < -0.39 is 0 Å². The summed E-state index contributed by atoms with van der Waals surface area (Å²) < 4.78 is 0. The summed E-state index contributed by atoms with van der Waals surface area (Å²) in [6, 6.07) is 20.2. The van der Waals surface area contributed by atoms with Crippen LogP contribution in [0.5, 0.6) is 0 Å². The van der Waals surface area contributed by atoms with Crippen molar-refractivity contribution in [2.75, 3.05) is 11.4 Å². The lowest BCUT2D eigenvalue weighted by molar-refractivity contribution is 0.0943. The summed E-state index contributed by atoms with van der Waals surface area (Å²) in [6.07, 6.45) is 3.19. The minimum Gasteiger partial charge on any atom is -0.350 e. The maximum Gasteiger partial charge on any atom is 0.271 e. The van der Waals surface area contributed by atoms with E-state index >= 15 is 0 Å². The molecule has 0 aliphatic carbocycles. The van der Waals surface area contributed by atoms with Crippen molar-refractivity contribution in [3.63, 3.8) is 0 Å². The van der Waals surface area contributed by atoms with Gasteiger partial charge in [-0.2, -0.15) is 0 Å². The van der Waals surface area contributed by atoms with Crippen molar-refractivity contribution in [3.8, 4) is 0 Å². The number of para-hydroxylation sites is 1. The van der Waals surface area contributed by atoms with Gasteiger partial charge in [0.25, 0.3) is 5.91 Å². The van der Waals surface area contributed by atoms with Crippen LogP contribution in [0.3, 0.4) is 0 Å². The molecule has 0 bridgehead atoms. The third-order valence-corrected chi connectivity index (χ3v) is 4.07. The number of amides is 1. The van der Waals surface area contributed by atoms with E-state index in [1.807, 2.05) is 48.5 Å². The standard InChI is InChI=1S/C22H24N4O/c1-17(2)13-25-22(27)20-14-24-21(15-23-20)26(19-11-7-4-8-12-19)16-18-9-5-3-6-10-18/h3-12,14-15,17H,13,16H2,1-2H3,(H,25,27). The lowest BCUT2D eigenvalue weighted by atomic mass is 10.2. The summed E-state index contributed by atoms with van der Waals surface area (Å²) >= 11 is 0. The Balaban J connectivity index is 1.83. The maximum atomic E-state index is 12.2. The van der Waals surface area contributed by atoms with Crippen molar-refractivity contribution >= 4 is 17.4 Å². The highest BCUT2D eigenvalue weighted by molar-refractivity contribution is 5.92. The Morgan fingerprint density at radius 3 is 2.22 bits per heavy atom. The van der Waals surface area contributed by atoms with Crippen LogP contribution < -0.4 is 10.2 Å². The largest absolute Gasteiger partial charge is 0.350 e. The van der Waals surface area contributed by atoms with E-state index in [-0.39, 0.29) is 5.91 Å². The second-order valence-electron chi connectivity index (χ2n) is 6.77. The van der Waals surface area contributed by atoms with Crippen LogP contribution in [-0.4, -0.2) is 22.4 Å². The number of aromatic nitrogens is 2. The van der Waals surface area contributed by atoms with Crippen LogP contribution in [0.1, 0.15) is 29.9 Å². The summed E-state index contributed by atoms with van der Waals surface area (Å²) in [6.45, 7) is 5.39. The fourth-order valence-corrected chi connectivity index (χ4v) is 2.64. The molecule has 0 aliphatic rings. The Morgan fingerprint density at radius 1 is 0.963 bits per heavy atom. The minimum absolute atomic E-state index is 0.197. The predicted molar refractivity (Wildman–Crippen MR) is 108 cm³/mol. The molecule has 0 atom stereocenters. The molecule has 27 heavy (non-hydrogen) atoms. The highest BCUT2D eigenvalue weighted by atomic mass is 16.1. The summed E-state index contributed by atoms with van der Waals surface area (Å²) in [5, 5.41) is 2.86. The lowest BCUT2D eigenvalue weighted by Crippen LogP contribution is -2.28.